The van der Waals surface area contributed by atoms with Gasteiger partial charge in [-0.05, 0) is 6.42 Å². The van der Waals surface area contributed by atoms with Crippen molar-refractivity contribution >= 4 is 11.9 Å². The topological polar surface area (TPSA) is 75.6 Å². The lowest BCUT2D eigenvalue weighted by Crippen LogP contribution is -2.43. The van der Waals surface area contributed by atoms with Crippen molar-refractivity contribution < 1.29 is 19.4 Å². The van der Waals surface area contributed by atoms with Crippen molar-refractivity contribution in [2.24, 2.45) is 0 Å². The third-order valence-corrected chi connectivity index (χ3v) is 2.35. The van der Waals surface area contributed by atoms with Gasteiger partial charge < -0.3 is 15.2 Å². The van der Waals surface area contributed by atoms with Crippen LogP contribution in [-0.4, -0.2) is 36.2 Å². The van der Waals surface area contributed by atoms with Crippen molar-refractivity contribution in [3.05, 3.63) is 0 Å². The summed E-state index contributed by atoms with van der Waals surface area (Å²) in [6, 6.07) is -0.942. The molecule has 5 nitrogen and oxygen atoms in total. The van der Waals surface area contributed by atoms with Crippen molar-refractivity contribution in [2.75, 3.05) is 13.2 Å². The number of rotatable bonds is 10. The van der Waals surface area contributed by atoms with E-state index in [0.29, 0.717) is 6.61 Å². The van der Waals surface area contributed by atoms with Crippen molar-refractivity contribution in [3.8, 4) is 0 Å². The second-order valence-corrected chi connectivity index (χ2v) is 4.08. The van der Waals surface area contributed by atoms with Crippen LogP contribution < -0.4 is 5.32 Å². The summed E-state index contributed by atoms with van der Waals surface area (Å²) in [4.78, 5) is 21.5. The highest BCUT2D eigenvalue weighted by Crippen LogP contribution is 2.02. The van der Waals surface area contributed by atoms with Crippen molar-refractivity contribution in [1.29, 1.82) is 0 Å². The van der Waals surface area contributed by atoms with Crippen LogP contribution in [-0.2, 0) is 14.3 Å². The molecule has 1 unspecified atom stereocenters. The average Bonchev–Trinajstić information content (AvgIpc) is 2.25. The number of amides is 1. The fourth-order valence-electron chi connectivity index (χ4n) is 1.43. The van der Waals surface area contributed by atoms with Crippen molar-refractivity contribution in [1.82, 2.24) is 5.32 Å². The molecule has 0 aliphatic carbocycles. The molecule has 17 heavy (non-hydrogen) atoms. The molecule has 0 fully saturated rings. The van der Waals surface area contributed by atoms with E-state index >= 15 is 0 Å². The molecule has 0 bridgehead atoms. The van der Waals surface area contributed by atoms with Gasteiger partial charge in [-0.25, -0.2) is 4.79 Å². The van der Waals surface area contributed by atoms with Crippen LogP contribution in [0.1, 0.15) is 46.0 Å². The van der Waals surface area contributed by atoms with Gasteiger partial charge in [-0.2, -0.15) is 0 Å². The van der Waals surface area contributed by atoms with E-state index in [2.05, 4.69) is 12.2 Å². The summed E-state index contributed by atoms with van der Waals surface area (Å²) in [5, 5.41) is 11.1. The Hall–Kier alpha value is -1.10. The van der Waals surface area contributed by atoms with E-state index in [1.165, 1.54) is 26.2 Å². The molecule has 1 amide bonds. The summed E-state index contributed by atoms with van der Waals surface area (Å²) in [5.41, 5.74) is 0. The normalized spacial score (nSPS) is 12.1. The van der Waals surface area contributed by atoms with Crippen LogP contribution in [0.3, 0.4) is 0 Å². The molecule has 0 aromatic carbocycles. The lowest BCUT2D eigenvalue weighted by atomic mass is 10.2. The molecule has 0 aliphatic rings. The number of aliphatic carboxylic acids is 1. The summed E-state index contributed by atoms with van der Waals surface area (Å²) < 4.78 is 5.24. The Morgan fingerprint density at radius 2 is 1.88 bits per heavy atom. The Balaban J connectivity index is 3.55. The largest absolute Gasteiger partial charge is 0.480 e. The van der Waals surface area contributed by atoms with E-state index in [-0.39, 0.29) is 12.5 Å². The summed E-state index contributed by atoms with van der Waals surface area (Å²) in [7, 11) is 0. The summed E-state index contributed by atoms with van der Waals surface area (Å²) in [5.74, 6) is -1.42. The number of carboxylic acids is 1. The monoisotopic (exact) mass is 245 g/mol. The summed E-state index contributed by atoms with van der Waals surface area (Å²) in [6.07, 6.45) is 5.65. The molecule has 0 spiro atoms. The average molecular weight is 245 g/mol. The minimum atomic E-state index is -1.06. The molecular weight excluding hydrogens is 222 g/mol. The first kappa shape index (κ1) is 15.9. The maximum Gasteiger partial charge on any atom is 0.328 e. The van der Waals surface area contributed by atoms with Gasteiger partial charge in [0.05, 0.1) is 6.61 Å². The second-order valence-electron chi connectivity index (χ2n) is 4.08. The predicted molar refractivity (Wildman–Crippen MR) is 64.8 cm³/mol. The van der Waals surface area contributed by atoms with Crippen molar-refractivity contribution in [2.45, 2.75) is 52.0 Å². The third-order valence-electron chi connectivity index (χ3n) is 2.35. The molecule has 0 rings (SSSR count). The zero-order chi connectivity index (χ0) is 13.1. The SMILES string of the molecule is CCCCCCCOCC(NC(C)=O)C(=O)O. The Labute approximate surface area is 103 Å². The van der Waals surface area contributed by atoms with E-state index in [0.717, 1.165) is 12.8 Å². The van der Waals surface area contributed by atoms with Crippen LogP contribution in [0.25, 0.3) is 0 Å². The van der Waals surface area contributed by atoms with Gasteiger partial charge in [0.25, 0.3) is 0 Å². The van der Waals surface area contributed by atoms with Gasteiger partial charge in [-0.3, -0.25) is 4.79 Å². The number of hydrogen-bond acceptors (Lipinski definition) is 3. The van der Waals surface area contributed by atoms with Gasteiger partial charge in [0.15, 0.2) is 6.04 Å². The zero-order valence-corrected chi connectivity index (χ0v) is 10.7. The Morgan fingerprint density at radius 1 is 1.24 bits per heavy atom. The molecule has 0 heterocycles. The lowest BCUT2D eigenvalue weighted by Gasteiger charge is -2.13. The van der Waals surface area contributed by atoms with Gasteiger partial charge >= 0.3 is 5.97 Å². The number of nitrogens with one attached hydrogen (secondary N) is 1. The first-order chi connectivity index (χ1) is 8.07. The molecule has 0 saturated heterocycles. The summed E-state index contributed by atoms with van der Waals surface area (Å²) in [6.45, 7) is 4.03. The fourth-order valence-corrected chi connectivity index (χ4v) is 1.43. The van der Waals surface area contributed by atoms with E-state index < -0.39 is 12.0 Å². The maximum absolute atomic E-state index is 10.7. The standard InChI is InChI=1S/C12H23NO4/c1-3-4-5-6-7-8-17-9-11(12(15)16)13-10(2)14/h11H,3-9H2,1-2H3,(H,13,14)(H,15,16). The first-order valence-electron chi connectivity index (χ1n) is 6.15. The van der Waals surface area contributed by atoms with E-state index in [4.69, 9.17) is 9.84 Å². The quantitative estimate of drug-likeness (QED) is 0.573. The van der Waals surface area contributed by atoms with Crippen LogP contribution in [0.15, 0.2) is 0 Å². The highest BCUT2D eigenvalue weighted by Gasteiger charge is 2.17. The van der Waals surface area contributed by atoms with E-state index in [1.807, 2.05) is 0 Å². The summed E-state index contributed by atoms with van der Waals surface area (Å²) >= 11 is 0. The van der Waals surface area contributed by atoms with E-state index in [9.17, 15) is 9.59 Å². The smallest absolute Gasteiger partial charge is 0.328 e. The van der Waals surface area contributed by atoms with Gasteiger partial charge in [0.2, 0.25) is 5.91 Å². The third kappa shape index (κ3) is 9.81. The van der Waals surface area contributed by atoms with Gasteiger partial charge in [-0.1, -0.05) is 32.6 Å². The first-order valence-corrected chi connectivity index (χ1v) is 6.15. The van der Waals surface area contributed by atoms with Crippen LogP contribution >= 0.6 is 0 Å². The number of carboxylic acid groups (broad SMARTS) is 1. The number of hydrogen-bond donors (Lipinski definition) is 2. The molecular formula is C12H23NO4. The number of unbranched alkanes of at least 4 members (excludes halogenated alkanes) is 4. The molecule has 5 heteroatoms. The van der Waals surface area contributed by atoms with Gasteiger partial charge in [0, 0.05) is 13.5 Å². The van der Waals surface area contributed by atoms with Crippen LogP contribution in [0.2, 0.25) is 0 Å². The number of carbonyl (C=O) groups excluding carboxylic acids is 1. The number of carbonyl (C=O) groups is 2. The molecule has 0 aromatic rings. The van der Waals surface area contributed by atoms with Crippen molar-refractivity contribution in [3.63, 3.8) is 0 Å². The Bertz CT molecular complexity index is 231. The van der Waals surface area contributed by atoms with Gasteiger partial charge in [-0.15, -0.1) is 0 Å². The fraction of sp³-hybridized carbons (Fsp3) is 0.833. The minimum absolute atomic E-state index is 0.0304. The van der Waals surface area contributed by atoms with Crippen LogP contribution in [0.4, 0.5) is 0 Å². The Morgan fingerprint density at radius 3 is 2.41 bits per heavy atom. The van der Waals surface area contributed by atoms with Crippen LogP contribution in [0, 0.1) is 0 Å². The van der Waals surface area contributed by atoms with E-state index in [1.54, 1.807) is 0 Å². The number of ether oxygens (including phenoxy) is 1. The molecule has 0 radical (unpaired) electrons. The molecule has 2 N–H and O–H groups in total. The molecule has 1 atom stereocenters. The molecule has 0 aliphatic heterocycles. The lowest BCUT2D eigenvalue weighted by molar-refractivity contribution is -0.143. The maximum atomic E-state index is 10.7. The minimum Gasteiger partial charge on any atom is -0.480 e. The Kier molecular flexibility index (Phi) is 9.43. The van der Waals surface area contributed by atoms with Crippen LogP contribution in [0.5, 0.6) is 0 Å². The predicted octanol–water partition coefficient (Wildman–Crippen LogP) is 1.56. The molecule has 0 saturated carbocycles. The second kappa shape index (κ2) is 10.1. The molecule has 0 aromatic heterocycles. The highest BCUT2D eigenvalue weighted by molar-refractivity contribution is 5.82. The highest BCUT2D eigenvalue weighted by atomic mass is 16.5. The zero-order valence-electron chi connectivity index (χ0n) is 10.7. The molecule has 100 valence electrons. The van der Waals surface area contributed by atoms with Gasteiger partial charge in [0.1, 0.15) is 0 Å².